The van der Waals surface area contributed by atoms with E-state index in [4.69, 9.17) is 0 Å². The lowest BCUT2D eigenvalue weighted by Crippen LogP contribution is -2.07. The van der Waals surface area contributed by atoms with Crippen LogP contribution in [-0.2, 0) is 16.0 Å². The molecule has 0 aliphatic heterocycles. The molecule has 0 saturated heterocycles. The van der Waals surface area contributed by atoms with Crippen LogP contribution in [0.3, 0.4) is 0 Å². The Morgan fingerprint density at radius 3 is 2.59 bits per heavy atom. The minimum atomic E-state index is -0.752. The minimum Gasteiger partial charge on any atom is -0.490 e. The van der Waals surface area contributed by atoms with Crippen molar-refractivity contribution in [2.75, 3.05) is 14.2 Å². The van der Waals surface area contributed by atoms with Crippen LogP contribution in [-0.4, -0.2) is 25.1 Å². The van der Waals surface area contributed by atoms with E-state index in [-0.39, 0.29) is 17.7 Å². The number of esters is 1. The molecule has 17 heavy (non-hydrogen) atoms. The Morgan fingerprint density at radius 2 is 2.12 bits per heavy atom. The van der Waals surface area contributed by atoms with Crippen LogP contribution < -0.4 is 4.74 Å². The van der Waals surface area contributed by atoms with E-state index in [1.807, 2.05) is 0 Å². The van der Waals surface area contributed by atoms with E-state index in [9.17, 15) is 19.3 Å². The van der Waals surface area contributed by atoms with E-state index in [1.165, 1.54) is 7.11 Å². The molecule has 0 heterocycles. The Kier molecular flexibility index (Phi) is 3.97. The summed E-state index contributed by atoms with van der Waals surface area (Å²) in [5, 5.41) is 10.7. The van der Waals surface area contributed by atoms with E-state index < -0.39 is 22.4 Å². The van der Waals surface area contributed by atoms with Crippen LogP contribution in [0.4, 0.5) is 10.1 Å². The SMILES string of the molecule is COC(=O)Cc1cc([N+](=O)[O-])c(OC)cc1F. The lowest BCUT2D eigenvalue weighted by Gasteiger charge is -2.05. The van der Waals surface area contributed by atoms with Crippen molar-refractivity contribution in [1.29, 1.82) is 0 Å². The summed E-state index contributed by atoms with van der Waals surface area (Å²) >= 11 is 0. The molecule has 0 saturated carbocycles. The van der Waals surface area contributed by atoms with Gasteiger partial charge in [0.1, 0.15) is 5.82 Å². The van der Waals surface area contributed by atoms with Crippen molar-refractivity contribution in [1.82, 2.24) is 0 Å². The average molecular weight is 243 g/mol. The molecule has 0 radical (unpaired) electrons. The van der Waals surface area contributed by atoms with Crippen LogP contribution in [0.25, 0.3) is 0 Å². The van der Waals surface area contributed by atoms with Gasteiger partial charge in [-0.05, 0) is 0 Å². The second-order valence-corrected chi connectivity index (χ2v) is 3.13. The van der Waals surface area contributed by atoms with Gasteiger partial charge in [-0.2, -0.15) is 0 Å². The molecule has 7 heteroatoms. The number of carbonyl (C=O) groups is 1. The number of halogens is 1. The van der Waals surface area contributed by atoms with Crippen molar-refractivity contribution in [3.63, 3.8) is 0 Å². The molecule has 0 aromatic heterocycles. The van der Waals surface area contributed by atoms with Gasteiger partial charge in [0.15, 0.2) is 5.75 Å². The van der Waals surface area contributed by atoms with Gasteiger partial charge in [0, 0.05) is 17.7 Å². The van der Waals surface area contributed by atoms with Gasteiger partial charge in [-0.1, -0.05) is 0 Å². The Labute approximate surface area is 96.1 Å². The summed E-state index contributed by atoms with van der Waals surface area (Å²) in [6.45, 7) is 0. The molecule has 0 aliphatic carbocycles. The van der Waals surface area contributed by atoms with Gasteiger partial charge in [0.25, 0.3) is 0 Å². The Balaban J connectivity index is 3.19. The van der Waals surface area contributed by atoms with E-state index in [1.54, 1.807) is 0 Å². The summed E-state index contributed by atoms with van der Waals surface area (Å²) in [5.74, 6) is -1.62. The van der Waals surface area contributed by atoms with E-state index in [2.05, 4.69) is 9.47 Å². The van der Waals surface area contributed by atoms with E-state index >= 15 is 0 Å². The molecule has 0 N–H and O–H groups in total. The number of carbonyl (C=O) groups excluding carboxylic acids is 1. The first-order valence-electron chi connectivity index (χ1n) is 4.57. The number of hydrogen-bond acceptors (Lipinski definition) is 5. The number of methoxy groups -OCH3 is 2. The fraction of sp³-hybridized carbons (Fsp3) is 0.300. The highest BCUT2D eigenvalue weighted by atomic mass is 19.1. The molecular formula is C10H10FNO5. The molecule has 92 valence electrons. The molecule has 1 aromatic carbocycles. The fourth-order valence-electron chi connectivity index (χ4n) is 1.26. The summed E-state index contributed by atoms with van der Waals surface area (Å²) in [7, 11) is 2.35. The predicted octanol–water partition coefficient (Wildman–Crippen LogP) is 1.46. The number of rotatable bonds is 4. The minimum absolute atomic E-state index is 0.107. The Bertz CT molecular complexity index is 460. The normalized spacial score (nSPS) is 9.82. The van der Waals surface area contributed by atoms with Gasteiger partial charge >= 0.3 is 11.7 Å². The van der Waals surface area contributed by atoms with Crippen LogP contribution in [0.1, 0.15) is 5.56 Å². The maximum absolute atomic E-state index is 13.5. The number of nitro benzene ring substituents is 1. The van der Waals surface area contributed by atoms with Crippen LogP contribution in [0.2, 0.25) is 0 Å². The smallest absolute Gasteiger partial charge is 0.311 e. The molecule has 0 aliphatic rings. The third-order valence-corrected chi connectivity index (χ3v) is 2.11. The van der Waals surface area contributed by atoms with Crippen molar-refractivity contribution in [3.05, 3.63) is 33.6 Å². The third kappa shape index (κ3) is 2.90. The molecule has 0 spiro atoms. The maximum Gasteiger partial charge on any atom is 0.311 e. The summed E-state index contributed by atoms with van der Waals surface area (Å²) in [4.78, 5) is 21.0. The zero-order valence-corrected chi connectivity index (χ0v) is 9.23. The molecule has 6 nitrogen and oxygen atoms in total. The van der Waals surface area contributed by atoms with Crippen molar-refractivity contribution in [2.24, 2.45) is 0 Å². The maximum atomic E-state index is 13.5. The molecule has 1 aromatic rings. The molecule has 1 rings (SSSR count). The third-order valence-electron chi connectivity index (χ3n) is 2.11. The zero-order valence-electron chi connectivity index (χ0n) is 9.23. The summed E-state index contributed by atoms with van der Waals surface area (Å²) < 4.78 is 22.5. The molecule has 0 amide bonds. The van der Waals surface area contributed by atoms with Crippen molar-refractivity contribution in [2.45, 2.75) is 6.42 Å². The average Bonchev–Trinajstić information content (AvgIpc) is 2.30. The van der Waals surface area contributed by atoms with E-state index in [0.29, 0.717) is 0 Å². The van der Waals surface area contributed by atoms with Crippen molar-refractivity contribution in [3.8, 4) is 5.75 Å². The molecular weight excluding hydrogens is 233 g/mol. The second-order valence-electron chi connectivity index (χ2n) is 3.13. The molecule has 0 fully saturated rings. The number of benzene rings is 1. The first kappa shape index (κ1) is 12.9. The highest BCUT2D eigenvalue weighted by molar-refractivity contribution is 5.73. The molecule has 0 atom stereocenters. The predicted molar refractivity (Wildman–Crippen MR) is 55.3 cm³/mol. The quantitative estimate of drug-likeness (QED) is 0.454. The highest BCUT2D eigenvalue weighted by Crippen LogP contribution is 2.29. The van der Waals surface area contributed by atoms with Gasteiger partial charge in [0.2, 0.25) is 0 Å². The lowest BCUT2D eigenvalue weighted by atomic mass is 10.1. The first-order chi connectivity index (χ1) is 7.99. The molecule has 0 bridgehead atoms. The Hall–Kier alpha value is -2.18. The van der Waals surface area contributed by atoms with Crippen LogP contribution in [0.5, 0.6) is 5.75 Å². The monoisotopic (exact) mass is 243 g/mol. The lowest BCUT2D eigenvalue weighted by molar-refractivity contribution is -0.385. The zero-order chi connectivity index (χ0) is 13.0. The van der Waals surface area contributed by atoms with Crippen molar-refractivity contribution < 1.29 is 23.6 Å². The number of nitro groups is 1. The highest BCUT2D eigenvalue weighted by Gasteiger charge is 2.20. The fourth-order valence-corrected chi connectivity index (χ4v) is 1.26. The first-order valence-corrected chi connectivity index (χ1v) is 4.57. The topological polar surface area (TPSA) is 78.7 Å². The van der Waals surface area contributed by atoms with E-state index in [0.717, 1.165) is 19.2 Å². The van der Waals surface area contributed by atoms with Gasteiger partial charge in [-0.3, -0.25) is 14.9 Å². The number of hydrogen-bond donors (Lipinski definition) is 0. The second kappa shape index (κ2) is 5.24. The summed E-state index contributed by atoms with van der Waals surface area (Å²) in [5.41, 5.74) is -0.503. The van der Waals surface area contributed by atoms with Crippen LogP contribution >= 0.6 is 0 Å². The van der Waals surface area contributed by atoms with Gasteiger partial charge < -0.3 is 9.47 Å². The summed E-state index contributed by atoms with van der Waals surface area (Å²) in [6.07, 6.45) is -0.368. The largest absolute Gasteiger partial charge is 0.490 e. The number of ether oxygens (including phenoxy) is 2. The molecule has 0 unspecified atom stereocenters. The standard InChI is InChI=1S/C10H10FNO5/c1-16-9-5-7(11)6(4-10(13)17-2)3-8(9)12(14)15/h3,5H,4H2,1-2H3. The summed E-state index contributed by atoms with van der Waals surface area (Å²) in [6, 6.07) is 1.83. The van der Waals surface area contributed by atoms with Gasteiger partial charge in [-0.25, -0.2) is 4.39 Å². The van der Waals surface area contributed by atoms with Crippen LogP contribution in [0.15, 0.2) is 12.1 Å². The number of nitrogens with zero attached hydrogens (tertiary/aromatic N) is 1. The van der Waals surface area contributed by atoms with Crippen LogP contribution in [0, 0.1) is 15.9 Å². The van der Waals surface area contributed by atoms with Gasteiger partial charge in [0.05, 0.1) is 25.6 Å². The Morgan fingerprint density at radius 1 is 1.47 bits per heavy atom. The van der Waals surface area contributed by atoms with Gasteiger partial charge in [-0.15, -0.1) is 0 Å². The van der Waals surface area contributed by atoms with Crippen molar-refractivity contribution >= 4 is 11.7 Å².